The van der Waals surface area contributed by atoms with Gasteiger partial charge in [0.15, 0.2) is 5.82 Å². The van der Waals surface area contributed by atoms with Crippen molar-refractivity contribution in [2.45, 2.75) is 18.4 Å². The lowest BCUT2D eigenvalue weighted by Crippen LogP contribution is -2.24. The van der Waals surface area contributed by atoms with Crippen molar-refractivity contribution < 1.29 is 8.42 Å². The summed E-state index contributed by atoms with van der Waals surface area (Å²) in [5, 5.41) is 4.01. The van der Waals surface area contributed by atoms with E-state index in [4.69, 9.17) is 0 Å². The zero-order chi connectivity index (χ0) is 14.0. The van der Waals surface area contributed by atoms with Crippen LogP contribution < -0.4 is 4.72 Å². The molecule has 0 fully saturated rings. The highest BCUT2D eigenvalue weighted by molar-refractivity contribution is 9.10. The Morgan fingerprint density at radius 1 is 1.42 bits per heavy atom. The standard InChI is InChI=1S/C11H13BrN4O2S/c1-8-5-9(3-4-10(8)12)19(17,18)14-6-11-13-7-16(2)15-11/h3-5,7,14H,6H2,1-2H3. The molecule has 1 heterocycles. The lowest BCUT2D eigenvalue weighted by atomic mass is 10.2. The van der Waals surface area contributed by atoms with Crippen molar-refractivity contribution in [2.75, 3.05) is 0 Å². The summed E-state index contributed by atoms with van der Waals surface area (Å²) in [6, 6.07) is 4.87. The number of sulfonamides is 1. The lowest BCUT2D eigenvalue weighted by Gasteiger charge is -2.06. The zero-order valence-corrected chi connectivity index (χ0v) is 12.9. The molecule has 0 amide bonds. The molecule has 2 rings (SSSR count). The van der Waals surface area contributed by atoms with Gasteiger partial charge in [-0.15, -0.1) is 0 Å². The van der Waals surface area contributed by atoms with Gasteiger partial charge in [0, 0.05) is 11.5 Å². The quantitative estimate of drug-likeness (QED) is 0.908. The molecule has 6 nitrogen and oxygen atoms in total. The van der Waals surface area contributed by atoms with Crippen molar-refractivity contribution in [1.29, 1.82) is 0 Å². The van der Waals surface area contributed by atoms with Crippen LogP contribution in [0, 0.1) is 6.92 Å². The third kappa shape index (κ3) is 3.40. The molecule has 8 heteroatoms. The summed E-state index contributed by atoms with van der Waals surface area (Å²) in [7, 11) is -1.82. The van der Waals surface area contributed by atoms with Gasteiger partial charge in [-0.05, 0) is 30.7 Å². The molecule has 2 aromatic rings. The molecular weight excluding hydrogens is 332 g/mol. The van der Waals surface area contributed by atoms with E-state index >= 15 is 0 Å². The van der Waals surface area contributed by atoms with Crippen LogP contribution in [0.4, 0.5) is 0 Å². The summed E-state index contributed by atoms with van der Waals surface area (Å²) >= 11 is 3.34. The number of nitrogens with zero attached hydrogens (tertiary/aromatic N) is 3. The van der Waals surface area contributed by atoms with Crippen LogP contribution in [0.1, 0.15) is 11.4 Å². The topological polar surface area (TPSA) is 76.9 Å². The van der Waals surface area contributed by atoms with Crippen molar-refractivity contribution in [3.05, 3.63) is 40.4 Å². The minimum Gasteiger partial charge on any atom is -0.256 e. The van der Waals surface area contributed by atoms with Gasteiger partial charge in [-0.3, -0.25) is 4.68 Å². The van der Waals surface area contributed by atoms with Crippen LogP contribution in [-0.2, 0) is 23.6 Å². The van der Waals surface area contributed by atoms with Crippen molar-refractivity contribution in [2.24, 2.45) is 7.05 Å². The lowest BCUT2D eigenvalue weighted by molar-refractivity contribution is 0.578. The highest BCUT2D eigenvalue weighted by Gasteiger charge is 2.15. The molecule has 0 aliphatic heterocycles. The van der Waals surface area contributed by atoms with Gasteiger partial charge in [-0.2, -0.15) is 5.10 Å². The highest BCUT2D eigenvalue weighted by Crippen LogP contribution is 2.19. The molecule has 0 aliphatic carbocycles. The molecule has 0 aliphatic rings. The maximum atomic E-state index is 12.1. The Hall–Kier alpha value is -1.25. The summed E-state index contributed by atoms with van der Waals surface area (Å²) in [6.07, 6.45) is 1.52. The van der Waals surface area contributed by atoms with Crippen molar-refractivity contribution in [1.82, 2.24) is 19.5 Å². The normalized spacial score (nSPS) is 11.7. The van der Waals surface area contributed by atoms with E-state index in [1.165, 1.54) is 11.0 Å². The van der Waals surface area contributed by atoms with Crippen molar-refractivity contribution in [3.8, 4) is 0 Å². The molecule has 19 heavy (non-hydrogen) atoms. The van der Waals surface area contributed by atoms with E-state index < -0.39 is 10.0 Å². The largest absolute Gasteiger partial charge is 0.256 e. The van der Waals surface area contributed by atoms with Gasteiger partial charge < -0.3 is 0 Å². The smallest absolute Gasteiger partial charge is 0.240 e. The Morgan fingerprint density at radius 3 is 2.74 bits per heavy atom. The molecule has 1 aromatic heterocycles. The number of benzene rings is 1. The highest BCUT2D eigenvalue weighted by atomic mass is 79.9. The Morgan fingerprint density at radius 2 is 2.16 bits per heavy atom. The first-order chi connectivity index (χ1) is 8.88. The SMILES string of the molecule is Cc1cc(S(=O)(=O)NCc2ncn(C)n2)ccc1Br. The van der Waals surface area contributed by atoms with E-state index in [-0.39, 0.29) is 11.4 Å². The number of nitrogens with one attached hydrogen (secondary N) is 1. The van der Waals surface area contributed by atoms with E-state index in [9.17, 15) is 8.42 Å². The first-order valence-corrected chi connectivity index (χ1v) is 7.76. The summed E-state index contributed by atoms with van der Waals surface area (Å²) in [5.74, 6) is 0.430. The Kier molecular flexibility index (Phi) is 4.02. The van der Waals surface area contributed by atoms with E-state index in [0.29, 0.717) is 5.82 Å². The van der Waals surface area contributed by atoms with Gasteiger partial charge in [0.2, 0.25) is 10.0 Å². The third-order valence-corrected chi connectivity index (χ3v) is 4.80. The monoisotopic (exact) mass is 344 g/mol. The van der Waals surface area contributed by atoms with Gasteiger partial charge in [-0.1, -0.05) is 15.9 Å². The number of hydrogen-bond acceptors (Lipinski definition) is 4. The number of halogens is 1. The molecule has 0 unspecified atom stereocenters. The average molecular weight is 345 g/mol. The van der Waals surface area contributed by atoms with Crippen molar-refractivity contribution >= 4 is 26.0 Å². The molecule has 1 aromatic carbocycles. The van der Waals surface area contributed by atoms with Gasteiger partial charge in [0.25, 0.3) is 0 Å². The van der Waals surface area contributed by atoms with E-state index in [0.717, 1.165) is 10.0 Å². The average Bonchev–Trinajstić information content (AvgIpc) is 2.76. The fraction of sp³-hybridized carbons (Fsp3) is 0.273. The van der Waals surface area contributed by atoms with Crippen LogP contribution in [0.5, 0.6) is 0 Å². The maximum absolute atomic E-state index is 12.1. The molecule has 0 radical (unpaired) electrons. The first-order valence-electron chi connectivity index (χ1n) is 5.49. The van der Waals surface area contributed by atoms with E-state index in [1.54, 1.807) is 25.2 Å². The minimum atomic E-state index is -3.55. The van der Waals surface area contributed by atoms with Crippen LogP contribution in [0.3, 0.4) is 0 Å². The Balaban J connectivity index is 2.16. The molecule has 0 spiro atoms. The van der Waals surface area contributed by atoms with Gasteiger partial charge in [0.1, 0.15) is 6.33 Å². The van der Waals surface area contributed by atoms with Crippen LogP contribution in [0.2, 0.25) is 0 Å². The molecule has 0 saturated carbocycles. The summed E-state index contributed by atoms with van der Waals surface area (Å²) in [6.45, 7) is 1.90. The fourth-order valence-electron chi connectivity index (χ4n) is 1.49. The van der Waals surface area contributed by atoms with Crippen LogP contribution in [0.15, 0.2) is 33.9 Å². The van der Waals surface area contributed by atoms with Gasteiger partial charge >= 0.3 is 0 Å². The second-order valence-corrected chi connectivity index (χ2v) is 6.69. The summed E-state index contributed by atoms with van der Waals surface area (Å²) in [4.78, 5) is 4.19. The molecular formula is C11H13BrN4O2S. The maximum Gasteiger partial charge on any atom is 0.240 e. The number of aromatic nitrogens is 3. The Labute approximate surface area is 120 Å². The predicted molar refractivity (Wildman–Crippen MR) is 73.9 cm³/mol. The van der Waals surface area contributed by atoms with Gasteiger partial charge in [0.05, 0.1) is 11.4 Å². The Bertz CT molecular complexity index is 696. The molecule has 102 valence electrons. The zero-order valence-electron chi connectivity index (χ0n) is 10.5. The summed E-state index contributed by atoms with van der Waals surface area (Å²) in [5.41, 5.74) is 0.860. The molecule has 0 atom stereocenters. The molecule has 0 bridgehead atoms. The second kappa shape index (κ2) is 5.40. The number of rotatable bonds is 4. The minimum absolute atomic E-state index is 0.0677. The number of hydrogen-bond donors (Lipinski definition) is 1. The molecule has 0 saturated heterocycles. The van der Waals surface area contributed by atoms with Crippen LogP contribution in [0.25, 0.3) is 0 Å². The van der Waals surface area contributed by atoms with Crippen molar-refractivity contribution in [3.63, 3.8) is 0 Å². The van der Waals surface area contributed by atoms with Gasteiger partial charge in [-0.25, -0.2) is 18.1 Å². The molecule has 1 N–H and O–H groups in total. The van der Waals surface area contributed by atoms with E-state index in [2.05, 4.69) is 30.7 Å². The second-order valence-electron chi connectivity index (χ2n) is 4.07. The fourth-order valence-corrected chi connectivity index (χ4v) is 2.80. The predicted octanol–water partition coefficient (Wildman–Crippen LogP) is 1.36. The van der Waals surface area contributed by atoms with Crippen LogP contribution in [-0.4, -0.2) is 23.2 Å². The van der Waals surface area contributed by atoms with Crippen LogP contribution >= 0.6 is 15.9 Å². The summed E-state index contributed by atoms with van der Waals surface area (Å²) < 4.78 is 29.0. The number of aryl methyl sites for hydroxylation is 2. The third-order valence-electron chi connectivity index (χ3n) is 2.51. The first kappa shape index (κ1) is 14.2. The van der Waals surface area contributed by atoms with E-state index in [1.807, 2.05) is 6.92 Å².